The average molecular weight is 351 g/mol. The Morgan fingerprint density at radius 2 is 2.04 bits per heavy atom. The number of rotatable bonds is 3. The van der Waals surface area contributed by atoms with E-state index in [1.54, 1.807) is 12.5 Å². The highest BCUT2D eigenvalue weighted by Gasteiger charge is 2.24. The molecular formula is C14H12Cl2N6O. The van der Waals surface area contributed by atoms with Crippen LogP contribution < -0.4 is 0 Å². The molecule has 0 bridgehead atoms. The number of imidazole rings is 1. The number of allylic oxidation sites excluding steroid dienone is 2. The van der Waals surface area contributed by atoms with Gasteiger partial charge in [0.15, 0.2) is 10.8 Å². The van der Waals surface area contributed by atoms with E-state index in [-0.39, 0.29) is 29.1 Å². The van der Waals surface area contributed by atoms with Gasteiger partial charge in [-0.05, 0) is 18.0 Å². The molecule has 0 aromatic carbocycles. The van der Waals surface area contributed by atoms with E-state index >= 15 is 0 Å². The molecule has 0 spiro atoms. The van der Waals surface area contributed by atoms with E-state index in [4.69, 9.17) is 28.3 Å². The second-order valence-corrected chi connectivity index (χ2v) is 6.05. The maximum atomic E-state index is 9.14. The molecule has 23 heavy (non-hydrogen) atoms. The molecular weight excluding hydrogens is 339 g/mol. The molecule has 2 atom stereocenters. The zero-order chi connectivity index (χ0) is 16.0. The predicted octanol–water partition coefficient (Wildman–Crippen LogP) is 2.56. The van der Waals surface area contributed by atoms with Gasteiger partial charge in [0.2, 0.25) is 5.28 Å². The normalized spacial score (nSPS) is 20.7. The lowest BCUT2D eigenvalue weighted by Crippen LogP contribution is -2.10. The fourth-order valence-corrected chi connectivity index (χ4v) is 3.23. The summed E-state index contributed by atoms with van der Waals surface area (Å²) in [6, 6.07) is 0.194. The molecule has 0 unspecified atom stereocenters. The van der Waals surface area contributed by atoms with Gasteiger partial charge in [-0.25, -0.2) is 9.97 Å². The van der Waals surface area contributed by atoms with Crippen molar-refractivity contribution in [3.63, 3.8) is 0 Å². The van der Waals surface area contributed by atoms with Gasteiger partial charge in [-0.1, -0.05) is 23.8 Å². The Bertz CT molecular complexity index is 902. The average Bonchev–Trinajstić information content (AvgIpc) is 3.25. The van der Waals surface area contributed by atoms with Crippen LogP contribution >= 0.6 is 23.2 Å². The van der Waals surface area contributed by atoms with Crippen LogP contribution in [-0.4, -0.2) is 34.4 Å². The monoisotopic (exact) mass is 350 g/mol. The fourth-order valence-electron chi connectivity index (χ4n) is 2.80. The minimum Gasteiger partial charge on any atom is -0.392 e. The van der Waals surface area contributed by atoms with E-state index in [1.165, 1.54) is 0 Å². The van der Waals surface area contributed by atoms with Crippen LogP contribution in [0.15, 0.2) is 30.9 Å². The van der Waals surface area contributed by atoms with E-state index in [0.29, 0.717) is 11.2 Å². The topological polar surface area (TPSA) is 81.7 Å². The molecule has 1 N–H and O–H groups in total. The Balaban J connectivity index is 1.64. The summed E-state index contributed by atoms with van der Waals surface area (Å²) in [6.45, 7) is -0.0139. The third-order valence-corrected chi connectivity index (χ3v) is 4.36. The summed E-state index contributed by atoms with van der Waals surface area (Å²) in [5.41, 5.74) is 1.94. The van der Waals surface area contributed by atoms with E-state index < -0.39 is 0 Å². The molecule has 3 aromatic rings. The van der Waals surface area contributed by atoms with Gasteiger partial charge in [0.25, 0.3) is 0 Å². The highest BCUT2D eigenvalue weighted by molar-refractivity contribution is 6.35. The van der Waals surface area contributed by atoms with Gasteiger partial charge < -0.3 is 9.67 Å². The number of aliphatic hydroxyl groups is 1. The Morgan fingerprint density at radius 1 is 1.22 bits per heavy atom. The molecule has 0 saturated heterocycles. The first-order valence-corrected chi connectivity index (χ1v) is 7.79. The Kier molecular flexibility index (Phi) is 3.56. The van der Waals surface area contributed by atoms with Crippen LogP contribution in [0.2, 0.25) is 10.4 Å². The van der Waals surface area contributed by atoms with Crippen LogP contribution in [0.4, 0.5) is 0 Å². The lowest BCUT2D eigenvalue weighted by molar-refractivity contribution is 0.281. The van der Waals surface area contributed by atoms with Crippen molar-refractivity contribution in [2.24, 2.45) is 0 Å². The van der Waals surface area contributed by atoms with E-state index in [0.717, 1.165) is 12.0 Å². The van der Waals surface area contributed by atoms with E-state index in [9.17, 15) is 0 Å². The van der Waals surface area contributed by atoms with Crippen molar-refractivity contribution in [3.05, 3.63) is 46.9 Å². The van der Waals surface area contributed by atoms with Gasteiger partial charge in [-0.3, -0.25) is 4.68 Å². The van der Waals surface area contributed by atoms with Crippen LogP contribution in [0.5, 0.6) is 0 Å². The highest BCUT2D eigenvalue weighted by Crippen LogP contribution is 2.33. The van der Waals surface area contributed by atoms with Crippen molar-refractivity contribution in [3.8, 4) is 0 Å². The maximum absolute atomic E-state index is 9.14. The van der Waals surface area contributed by atoms with E-state index in [2.05, 4.69) is 32.2 Å². The molecule has 3 heterocycles. The number of halogens is 2. The van der Waals surface area contributed by atoms with Crippen molar-refractivity contribution >= 4 is 34.4 Å². The third-order valence-electron chi connectivity index (χ3n) is 3.92. The minimum absolute atomic E-state index is 0.0139. The number of aliphatic hydroxyl groups excluding tert-OH is 1. The van der Waals surface area contributed by atoms with Gasteiger partial charge in [-0.15, -0.1) is 0 Å². The molecule has 3 aromatic heterocycles. The minimum atomic E-state index is -0.0139. The molecule has 0 amide bonds. The molecule has 118 valence electrons. The second-order valence-electron chi connectivity index (χ2n) is 5.35. The first-order valence-electron chi connectivity index (χ1n) is 7.03. The Hall–Kier alpha value is -1.96. The molecule has 0 saturated carbocycles. The van der Waals surface area contributed by atoms with Crippen LogP contribution in [-0.2, 0) is 6.61 Å². The van der Waals surface area contributed by atoms with Crippen molar-refractivity contribution in [2.45, 2.75) is 25.1 Å². The van der Waals surface area contributed by atoms with E-state index in [1.807, 2.05) is 15.4 Å². The quantitative estimate of drug-likeness (QED) is 0.446. The molecule has 4 rings (SSSR count). The van der Waals surface area contributed by atoms with Crippen LogP contribution in [0.25, 0.3) is 11.2 Å². The fraction of sp³-hybridized carbons (Fsp3) is 0.286. The van der Waals surface area contributed by atoms with Crippen molar-refractivity contribution < 1.29 is 5.11 Å². The van der Waals surface area contributed by atoms with Crippen molar-refractivity contribution in [1.29, 1.82) is 0 Å². The van der Waals surface area contributed by atoms with Crippen LogP contribution in [0.1, 0.15) is 24.1 Å². The van der Waals surface area contributed by atoms with Gasteiger partial charge in [0, 0.05) is 11.8 Å². The summed E-state index contributed by atoms with van der Waals surface area (Å²) < 4.78 is 3.78. The maximum Gasteiger partial charge on any atom is 0.225 e. The molecule has 1 aliphatic rings. The number of nitrogens with zero attached hydrogens (tertiary/aromatic N) is 6. The third kappa shape index (κ3) is 2.50. The molecule has 9 heteroatoms. The second kappa shape index (κ2) is 5.59. The van der Waals surface area contributed by atoms with Crippen LogP contribution in [0.3, 0.4) is 0 Å². The Labute approximate surface area is 141 Å². The number of fused-ring (bicyclic) bond motifs is 1. The molecule has 1 aliphatic carbocycles. The summed E-state index contributed by atoms with van der Waals surface area (Å²) in [6.07, 6.45) is 10.2. The molecule has 7 nitrogen and oxygen atoms in total. The van der Waals surface area contributed by atoms with Gasteiger partial charge >= 0.3 is 0 Å². The number of aromatic nitrogens is 6. The lowest BCUT2D eigenvalue weighted by atomic mass is 10.2. The molecule has 0 aliphatic heterocycles. The number of hydrogen-bond acceptors (Lipinski definition) is 5. The summed E-state index contributed by atoms with van der Waals surface area (Å²) in [5, 5.41) is 13.8. The highest BCUT2D eigenvalue weighted by atomic mass is 35.5. The summed E-state index contributed by atoms with van der Waals surface area (Å²) in [4.78, 5) is 12.4. The summed E-state index contributed by atoms with van der Waals surface area (Å²) >= 11 is 12.0. The molecule has 0 radical (unpaired) electrons. The standard InChI is InChI=1S/C14H12Cl2N6O/c15-12-11-13(20-14(16)19-12)21(7-17-11)9-1-2-10(3-9)22-5-8(6-23)4-18-22/h1-2,4-5,7,9-10,23H,3,6H2/t9-,10+/m0/s1. The SMILES string of the molecule is OCc1cnn([C@@H]2C=C[C@H](n3cnc4c(Cl)nc(Cl)nc43)C2)c1. The Morgan fingerprint density at radius 3 is 2.83 bits per heavy atom. The van der Waals surface area contributed by atoms with Crippen LogP contribution in [0, 0.1) is 0 Å². The largest absolute Gasteiger partial charge is 0.392 e. The predicted molar refractivity (Wildman–Crippen MR) is 85.3 cm³/mol. The lowest BCUT2D eigenvalue weighted by Gasteiger charge is -2.14. The smallest absolute Gasteiger partial charge is 0.225 e. The zero-order valence-corrected chi connectivity index (χ0v) is 13.4. The number of hydrogen-bond donors (Lipinski definition) is 1. The van der Waals surface area contributed by atoms with Crippen molar-refractivity contribution in [2.75, 3.05) is 0 Å². The van der Waals surface area contributed by atoms with Gasteiger partial charge in [-0.2, -0.15) is 10.1 Å². The summed E-state index contributed by atoms with van der Waals surface area (Å²) in [7, 11) is 0. The van der Waals surface area contributed by atoms with Crippen molar-refractivity contribution in [1.82, 2.24) is 29.3 Å². The van der Waals surface area contributed by atoms with Gasteiger partial charge in [0.05, 0.1) is 31.2 Å². The first kappa shape index (κ1) is 14.6. The first-order chi connectivity index (χ1) is 11.2. The molecule has 0 fully saturated rings. The summed E-state index contributed by atoms with van der Waals surface area (Å²) in [5.74, 6) is 0. The van der Waals surface area contributed by atoms with Gasteiger partial charge in [0.1, 0.15) is 5.52 Å². The zero-order valence-electron chi connectivity index (χ0n) is 11.8.